The van der Waals surface area contributed by atoms with Crippen molar-refractivity contribution in [1.82, 2.24) is 0 Å². The lowest BCUT2D eigenvalue weighted by Crippen LogP contribution is -2.78. The molecule has 110 valence electrons. The molecule has 0 spiro atoms. The predicted molar refractivity (Wildman–Crippen MR) is 48.1 cm³/mol. The van der Waals surface area contributed by atoms with Crippen molar-refractivity contribution in [1.29, 1.82) is 0 Å². The van der Waals surface area contributed by atoms with Crippen LogP contribution in [0.5, 0.6) is 0 Å². The van der Waals surface area contributed by atoms with E-state index in [4.69, 9.17) is 5.11 Å². The van der Waals surface area contributed by atoms with Crippen LogP contribution in [0.3, 0.4) is 0 Å². The van der Waals surface area contributed by atoms with Crippen LogP contribution in [-0.4, -0.2) is 47.1 Å². The molecule has 0 aliphatic rings. The van der Waals surface area contributed by atoms with Crippen molar-refractivity contribution in [2.45, 2.75) is 11.4 Å². The molecule has 20 heavy (non-hydrogen) atoms. The fraction of sp³-hybridized carbons (Fsp3) is 0.667. The van der Waals surface area contributed by atoms with Gasteiger partial charge in [-0.25, -0.2) is 4.79 Å². The Bertz CT molecular complexity index is 415. The van der Waals surface area contributed by atoms with Crippen molar-refractivity contribution in [3.63, 3.8) is 0 Å². The van der Waals surface area contributed by atoms with E-state index in [0.29, 0.717) is 0 Å². The number of aliphatic carboxylic acids is 1. The Kier molecular flexibility index (Phi) is 3.81. The molecule has 0 aromatic rings. The molecule has 0 atom stereocenters. The number of carboxylic acid groups (broad SMARTS) is 1. The number of carbonyl (C=O) groups is 1. The largest absolute Gasteiger partial charge is 0.853 e. The SMILES string of the molecule is O=C(O)C([N+](=O)[O-])([N+](=O)[O-])C([N+](=O)[O-])([N+](=O)[O-])[N+](=O)[O-]. The third-order valence-corrected chi connectivity index (χ3v) is 2.06. The maximum atomic E-state index is 10.7. The molecule has 0 saturated carbocycles. The average Bonchev–Trinajstić information content (AvgIpc) is 2.21. The number of hydrogen-bond acceptors (Lipinski definition) is 11. The molecule has 0 radical (unpaired) electrons. The van der Waals surface area contributed by atoms with Crippen LogP contribution >= 0.6 is 0 Å². The van der Waals surface area contributed by atoms with Gasteiger partial charge in [-0.2, -0.15) is 0 Å². The van der Waals surface area contributed by atoms with Gasteiger partial charge in [0.2, 0.25) is 0 Å². The predicted octanol–water partition coefficient (Wildman–Crippen LogP) is -2.20. The van der Waals surface area contributed by atoms with Gasteiger partial charge < -0.3 is 5.11 Å². The smallest absolute Gasteiger partial charge is 0.470 e. The van der Waals surface area contributed by atoms with Crippen molar-refractivity contribution in [2.24, 2.45) is 0 Å². The lowest BCUT2D eigenvalue weighted by atomic mass is 10.0. The fourth-order valence-corrected chi connectivity index (χ4v) is 1.19. The molecule has 1 N–H and O–H groups in total. The van der Waals surface area contributed by atoms with Crippen molar-refractivity contribution >= 4 is 5.97 Å². The summed E-state index contributed by atoms with van der Waals surface area (Å²) in [5.74, 6) is -8.80. The highest BCUT2D eigenvalue weighted by Gasteiger charge is 3.07. The fourth-order valence-electron chi connectivity index (χ4n) is 1.19. The average molecular weight is 299 g/mol. The summed E-state index contributed by atoms with van der Waals surface area (Å²) in [5, 5.41) is 61.1. The van der Waals surface area contributed by atoms with Gasteiger partial charge in [-0.1, -0.05) is 0 Å². The Morgan fingerprint density at radius 2 is 0.950 bits per heavy atom. The molecule has 0 aliphatic heterocycles. The standard InChI is InChI=1S/C3HN5O12/c9-1(10)2(4(11)12,5(13)14)3(6(15)16,7(17)18)8(19)20/h(H,9,10). The zero-order valence-corrected chi connectivity index (χ0v) is 8.67. The summed E-state index contributed by atoms with van der Waals surface area (Å²) < 4.78 is 0. The van der Waals surface area contributed by atoms with E-state index in [9.17, 15) is 55.4 Å². The number of carboxylic acids is 1. The highest BCUT2D eigenvalue weighted by Crippen LogP contribution is 2.32. The Labute approximate surface area is 104 Å². The van der Waals surface area contributed by atoms with Gasteiger partial charge in [0.1, 0.15) is 9.85 Å². The minimum Gasteiger partial charge on any atom is -0.470 e. The maximum absolute atomic E-state index is 10.7. The number of hydrogen-bond donors (Lipinski definition) is 1. The van der Waals surface area contributed by atoms with Gasteiger partial charge in [-0.05, 0) is 0 Å². The van der Waals surface area contributed by atoms with Crippen LogP contribution in [0.25, 0.3) is 0 Å². The first-order valence-corrected chi connectivity index (χ1v) is 3.87. The van der Waals surface area contributed by atoms with E-state index in [2.05, 4.69) is 0 Å². The minimum absolute atomic E-state index is 2.58. The van der Waals surface area contributed by atoms with Gasteiger partial charge in [0.25, 0.3) is 0 Å². The summed E-state index contributed by atoms with van der Waals surface area (Å²) in [6, 6.07) is 0. The van der Waals surface area contributed by atoms with E-state index >= 15 is 0 Å². The summed E-state index contributed by atoms with van der Waals surface area (Å²) in [4.78, 5) is 50.3. The third-order valence-electron chi connectivity index (χ3n) is 2.06. The second kappa shape index (κ2) is 4.62. The molecule has 0 aliphatic carbocycles. The number of nitrogens with zero attached hydrogens (tertiary/aromatic N) is 5. The van der Waals surface area contributed by atoms with Crippen LogP contribution in [0.1, 0.15) is 0 Å². The maximum Gasteiger partial charge on any atom is 0.853 e. The molecule has 0 rings (SSSR count). The van der Waals surface area contributed by atoms with Crippen LogP contribution in [0.4, 0.5) is 0 Å². The van der Waals surface area contributed by atoms with Gasteiger partial charge in [0.05, 0.1) is 0 Å². The second-order valence-corrected chi connectivity index (χ2v) is 2.90. The van der Waals surface area contributed by atoms with E-state index in [0.717, 1.165) is 0 Å². The Morgan fingerprint density at radius 3 is 1.00 bits per heavy atom. The van der Waals surface area contributed by atoms with E-state index in [-0.39, 0.29) is 0 Å². The topological polar surface area (TPSA) is 253 Å². The first kappa shape index (κ1) is 16.5. The van der Waals surface area contributed by atoms with Gasteiger partial charge in [-0.15, -0.1) is 0 Å². The molecule has 0 aromatic heterocycles. The lowest BCUT2D eigenvalue weighted by Gasteiger charge is -2.13. The van der Waals surface area contributed by atoms with E-state index in [1.807, 2.05) is 0 Å². The molecule has 0 bridgehead atoms. The Balaban J connectivity index is 7.12. The molecule has 17 nitrogen and oxygen atoms in total. The quantitative estimate of drug-likeness (QED) is 0.298. The Morgan fingerprint density at radius 1 is 0.700 bits per heavy atom. The zero-order chi connectivity index (χ0) is 16.5. The molecule has 0 unspecified atom stereocenters. The highest BCUT2D eigenvalue weighted by molar-refractivity contribution is 5.75. The second-order valence-electron chi connectivity index (χ2n) is 2.90. The van der Waals surface area contributed by atoms with E-state index < -0.39 is 42.0 Å². The molecular weight excluding hydrogens is 298 g/mol. The molecule has 0 fully saturated rings. The summed E-state index contributed by atoms with van der Waals surface area (Å²) >= 11 is 0. The normalized spacial score (nSPS) is 11.4. The van der Waals surface area contributed by atoms with E-state index in [1.54, 1.807) is 0 Å². The summed E-state index contributed by atoms with van der Waals surface area (Å²) in [5.41, 5.74) is -5.36. The molecule has 0 heterocycles. The highest BCUT2D eigenvalue weighted by atomic mass is 16.8. The van der Waals surface area contributed by atoms with Crippen molar-refractivity contribution in [3.05, 3.63) is 50.6 Å². The van der Waals surface area contributed by atoms with E-state index in [1.165, 1.54) is 0 Å². The summed E-state index contributed by atoms with van der Waals surface area (Å²) in [6.07, 6.45) is 0. The zero-order valence-electron chi connectivity index (χ0n) is 8.67. The molecule has 0 saturated heterocycles. The van der Waals surface area contributed by atoms with Crippen molar-refractivity contribution in [2.75, 3.05) is 0 Å². The number of nitro groups is 5. The van der Waals surface area contributed by atoms with Crippen molar-refractivity contribution in [3.8, 4) is 0 Å². The van der Waals surface area contributed by atoms with Crippen LogP contribution < -0.4 is 0 Å². The monoisotopic (exact) mass is 299 g/mol. The van der Waals surface area contributed by atoms with Crippen LogP contribution in [0, 0.1) is 50.6 Å². The number of rotatable bonds is 7. The lowest BCUT2D eigenvalue weighted by molar-refractivity contribution is -1.04. The van der Waals surface area contributed by atoms with Gasteiger partial charge in [0.15, 0.2) is 14.8 Å². The summed E-state index contributed by atoms with van der Waals surface area (Å²) in [6.45, 7) is 0. The minimum atomic E-state index is -5.45. The first-order valence-electron chi connectivity index (χ1n) is 3.87. The Hall–Kier alpha value is -3.53. The van der Waals surface area contributed by atoms with Gasteiger partial charge in [0, 0.05) is 0 Å². The van der Waals surface area contributed by atoms with Gasteiger partial charge >= 0.3 is 17.4 Å². The van der Waals surface area contributed by atoms with Gasteiger partial charge in [-0.3, -0.25) is 50.6 Å². The van der Waals surface area contributed by atoms with Crippen LogP contribution in [0.15, 0.2) is 0 Å². The summed E-state index contributed by atoms with van der Waals surface area (Å²) in [7, 11) is 0. The van der Waals surface area contributed by atoms with Crippen LogP contribution in [0.2, 0.25) is 0 Å². The molecular formula is C3HN5O12. The first-order chi connectivity index (χ1) is 8.91. The molecule has 17 heteroatoms. The molecule has 0 amide bonds. The van der Waals surface area contributed by atoms with Crippen molar-refractivity contribution < 1.29 is 34.5 Å². The van der Waals surface area contributed by atoms with Crippen LogP contribution in [-0.2, 0) is 4.79 Å². The third kappa shape index (κ3) is 1.53. The molecule has 0 aromatic carbocycles.